The van der Waals surface area contributed by atoms with Gasteiger partial charge in [-0.2, -0.15) is 0 Å². The van der Waals surface area contributed by atoms with Crippen LogP contribution in [0.25, 0.3) is 0 Å². The Morgan fingerprint density at radius 3 is 2.36 bits per heavy atom. The second-order valence-corrected chi connectivity index (χ2v) is 4.17. The lowest BCUT2D eigenvalue weighted by Gasteiger charge is -2.40. The first-order valence-corrected chi connectivity index (χ1v) is 5.05. The van der Waals surface area contributed by atoms with Crippen molar-refractivity contribution in [1.82, 2.24) is 4.90 Å². The van der Waals surface area contributed by atoms with Crippen LogP contribution in [-0.4, -0.2) is 23.5 Å². The maximum absolute atomic E-state index is 4.95. The van der Waals surface area contributed by atoms with Gasteiger partial charge in [0.15, 0.2) is 0 Å². The molecule has 1 saturated heterocycles. The standard InChI is InChI=1S/C9H15NS/c11-7-10-5-8-2-1-3-9(4-8)6-10/h7-9H,1-6H2. The Morgan fingerprint density at radius 2 is 1.82 bits per heavy atom. The summed E-state index contributed by atoms with van der Waals surface area (Å²) >= 11 is 4.95. The van der Waals surface area contributed by atoms with Gasteiger partial charge in [-0.3, -0.25) is 0 Å². The van der Waals surface area contributed by atoms with Gasteiger partial charge < -0.3 is 4.90 Å². The van der Waals surface area contributed by atoms with Crippen molar-refractivity contribution in [3.63, 3.8) is 0 Å². The van der Waals surface area contributed by atoms with Gasteiger partial charge in [0.05, 0.1) is 5.49 Å². The molecule has 0 spiro atoms. The van der Waals surface area contributed by atoms with E-state index >= 15 is 0 Å². The van der Waals surface area contributed by atoms with E-state index in [0.29, 0.717) is 0 Å². The van der Waals surface area contributed by atoms with Crippen LogP contribution < -0.4 is 0 Å². The van der Waals surface area contributed by atoms with E-state index in [1.165, 1.54) is 38.8 Å². The molecule has 62 valence electrons. The summed E-state index contributed by atoms with van der Waals surface area (Å²) in [5, 5.41) is 0. The topological polar surface area (TPSA) is 3.24 Å². The molecular formula is C9H15NS. The second kappa shape index (κ2) is 3.10. The van der Waals surface area contributed by atoms with Crippen molar-refractivity contribution < 1.29 is 0 Å². The zero-order chi connectivity index (χ0) is 7.68. The Labute approximate surface area is 73.8 Å². The van der Waals surface area contributed by atoms with Gasteiger partial charge in [-0.15, -0.1) is 0 Å². The monoisotopic (exact) mass is 169 g/mol. The quantitative estimate of drug-likeness (QED) is 0.553. The lowest BCUT2D eigenvalue weighted by atomic mass is 9.78. The van der Waals surface area contributed by atoms with Crippen molar-refractivity contribution in [1.29, 1.82) is 0 Å². The number of nitrogens with zero attached hydrogens (tertiary/aromatic N) is 1. The minimum absolute atomic E-state index is 0.960. The molecule has 1 saturated carbocycles. The molecule has 2 atom stereocenters. The Hall–Kier alpha value is -0.110. The number of rotatable bonds is 1. The van der Waals surface area contributed by atoms with Crippen LogP contribution in [0.15, 0.2) is 0 Å². The lowest BCUT2D eigenvalue weighted by molar-refractivity contribution is 0.142. The summed E-state index contributed by atoms with van der Waals surface area (Å²) in [5.41, 5.74) is 1.85. The fraction of sp³-hybridized carbons (Fsp3) is 0.889. The van der Waals surface area contributed by atoms with Crippen molar-refractivity contribution in [3.8, 4) is 0 Å². The average molecular weight is 169 g/mol. The second-order valence-electron chi connectivity index (χ2n) is 3.96. The maximum atomic E-state index is 4.95. The Kier molecular flexibility index (Phi) is 2.12. The van der Waals surface area contributed by atoms with E-state index in [1.54, 1.807) is 0 Å². The van der Waals surface area contributed by atoms with Crippen molar-refractivity contribution in [2.75, 3.05) is 13.1 Å². The first-order valence-electron chi connectivity index (χ1n) is 4.58. The van der Waals surface area contributed by atoms with Crippen molar-refractivity contribution >= 4 is 17.7 Å². The van der Waals surface area contributed by atoms with E-state index in [9.17, 15) is 0 Å². The number of likely N-dealkylation sites (tertiary alicyclic amines) is 1. The third-order valence-electron chi connectivity index (χ3n) is 3.03. The van der Waals surface area contributed by atoms with E-state index < -0.39 is 0 Å². The largest absolute Gasteiger partial charge is 0.368 e. The molecular weight excluding hydrogens is 154 g/mol. The molecule has 0 aromatic carbocycles. The fourth-order valence-corrected chi connectivity index (χ4v) is 2.73. The van der Waals surface area contributed by atoms with E-state index in [0.717, 1.165) is 11.8 Å². The molecule has 11 heavy (non-hydrogen) atoms. The highest BCUT2D eigenvalue weighted by Gasteiger charge is 2.28. The van der Waals surface area contributed by atoms with Crippen LogP contribution in [0, 0.1) is 11.8 Å². The van der Waals surface area contributed by atoms with Gasteiger partial charge in [0.25, 0.3) is 0 Å². The highest BCUT2D eigenvalue weighted by molar-refractivity contribution is 7.78. The molecule has 0 radical (unpaired) electrons. The van der Waals surface area contributed by atoms with Crippen LogP contribution in [0.1, 0.15) is 25.7 Å². The molecule has 1 aliphatic carbocycles. The first kappa shape index (κ1) is 7.53. The maximum Gasteiger partial charge on any atom is 0.0641 e. The fourth-order valence-electron chi connectivity index (χ4n) is 2.56. The first-order chi connectivity index (χ1) is 5.38. The van der Waals surface area contributed by atoms with Gasteiger partial charge in [0.1, 0.15) is 0 Å². The Balaban J connectivity index is 1.99. The van der Waals surface area contributed by atoms with Crippen LogP contribution >= 0.6 is 12.2 Å². The molecule has 2 heteroatoms. The molecule has 2 bridgehead atoms. The number of hydrogen-bond acceptors (Lipinski definition) is 1. The highest BCUT2D eigenvalue weighted by atomic mass is 32.1. The van der Waals surface area contributed by atoms with Crippen LogP contribution in [0.3, 0.4) is 0 Å². The summed E-state index contributed by atoms with van der Waals surface area (Å²) in [6, 6.07) is 0. The third-order valence-corrected chi connectivity index (χ3v) is 3.32. The summed E-state index contributed by atoms with van der Waals surface area (Å²) < 4.78 is 0. The van der Waals surface area contributed by atoms with Crippen LogP contribution in [0.5, 0.6) is 0 Å². The summed E-state index contributed by atoms with van der Waals surface area (Å²) in [5.74, 6) is 1.92. The van der Waals surface area contributed by atoms with E-state index in [-0.39, 0.29) is 0 Å². The van der Waals surface area contributed by atoms with E-state index in [1.807, 2.05) is 5.49 Å². The summed E-state index contributed by atoms with van der Waals surface area (Å²) in [7, 11) is 0. The van der Waals surface area contributed by atoms with Gasteiger partial charge >= 0.3 is 0 Å². The Morgan fingerprint density at radius 1 is 1.18 bits per heavy atom. The van der Waals surface area contributed by atoms with Crippen molar-refractivity contribution in [2.45, 2.75) is 25.7 Å². The molecule has 1 heterocycles. The summed E-state index contributed by atoms with van der Waals surface area (Å²) in [4.78, 5) is 2.33. The molecule has 2 unspecified atom stereocenters. The Bertz CT molecular complexity index is 146. The van der Waals surface area contributed by atoms with Crippen LogP contribution in [-0.2, 0) is 0 Å². The van der Waals surface area contributed by atoms with E-state index in [2.05, 4.69) is 4.90 Å². The summed E-state index contributed by atoms with van der Waals surface area (Å²) in [6.45, 7) is 2.47. The number of hydrogen-bond donors (Lipinski definition) is 0. The number of fused-ring (bicyclic) bond motifs is 2. The molecule has 2 rings (SSSR count). The van der Waals surface area contributed by atoms with Gasteiger partial charge in [0.2, 0.25) is 0 Å². The highest BCUT2D eigenvalue weighted by Crippen LogP contribution is 2.33. The minimum Gasteiger partial charge on any atom is -0.368 e. The zero-order valence-electron chi connectivity index (χ0n) is 6.83. The predicted molar refractivity (Wildman–Crippen MR) is 50.7 cm³/mol. The van der Waals surface area contributed by atoms with Crippen LogP contribution in [0.4, 0.5) is 0 Å². The average Bonchev–Trinajstić information content (AvgIpc) is 2.03. The van der Waals surface area contributed by atoms with Crippen molar-refractivity contribution in [2.24, 2.45) is 11.8 Å². The van der Waals surface area contributed by atoms with Crippen molar-refractivity contribution in [3.05, 3.63) is 0 Å². The zero-order valence-corrected chi connectivity index (χ0v) is 7.65. The molecule has 0 N–H and O–H groups in total. The number of thiocarbonyl (C=S) groups is 1. The number of piperidine rings is 1. The molecule has 0 aromatic rings. The van der Waals surface area contributed by atoms with E-state index in [4.69, 9.17) is 12.2 Å². The lowest BCUT2D eigenvalue weighted by Crippen LogP contribution is -2.41. The van der Waals surface area contributed by atoms with Crippen LogP contribution in [0.2, 0.25) is 0 Å². The predicted octanol–water partition coefficient (Wildman–Crippen LogP) is 2.07. The minimum atomic E-state index is 0.960. The molecule has 0 aromatic heterocycles. The smallest absolute Gasteiger partial charge is 0.0641 e. The molecule has 1 nitrogen and oxygen atoms in total. The SMILES string of the molecule is S=CN1CC2CCCC(C2)C1. The van der Waals surface area contributed by atoms with Gasteiger partial charge in [0, 0.05) is 13.1 Å². The molecule has 2 fully saturated rings. The van der Waals surface area contributed by atoms with Gasteiger partial charge in [-0.05, 0) is 31.1 Å². The molecule has 0 amide bonds. The normalized spacial score (nSPS) is 36.9. The van der Waals surface area contributed by atoms with Gasteiger partial charge in [-0.25, -0.2) is 0 Å². The molecule has 1 aliphatic heterocycles. The van der Waals surface area contributed by atoms with Gasteiger partial charge in [-0.1, -0.05) is 18.6 Å². The summed E-state index contributed by atoms with van der Waals surface area (Å²) in [6.07, 6.45) is 5.81. The molecule has 2 aliphatic rings. The third kappa shape index (κ3) is 1.56.